The Balaban J connectivity index is 2.58. The molecule has 0 saturated carbocycles. The van der Waals surface area contributed by atoms with Gasteiger partial charge < -0.3 is 5.11 Å². The molecule has 0 unspecified atom stereocenters. The van der Waals surface area contributed by atoms with Crippen LogP contribution in [0.5, 0.6) is 0 Å². The molecule has 0 bridgehead atoms. The molecule has 0 aliphatic rings. The van der Waals surface area contributed by atoms with E-state index < -0.39 is 5.67 Å². The molecule has 1 N–H and O–H groups in total. The van der Waals surface area contributed by atoms with E-state index in [0.29, 0.717) is 16.4 Å². The fourth-order valence-electron chi connectivity index (χ4n) is 1.66. The predicted octanol–water partition coefficient (Wildman–Crippen LogP) is 3.22. The number of benzene rings is 1. The van der Waals surface area contributed by atoms with Crippen LogP contribution in [0.1, 0.15) is 25.2 Å². The average Bonchev–Trinajstić information content (AvgIpc) is 2.73. The highest BCUT2D eigenvalue weighted by Gasteiger charge is 2.24. The number of nitrogens with zero attached hydrogens (tertiary/aromatic N) is 2. The highest BCUT2D eigenvalue weighted by atomic mass is 35.5. The topological polar surface area (TPSA) is 38.0 Å². The third kappa shape index (κ3) is 2.40. The van der Waals surface area contributed by atoms with Gasteiger partial charge in [0.15, 0.2) is 0 Å². The van der Waals surface area contributed by atoms with E-state index in [4.69, 9.17) is 11.6 Å². The van der Waals surface area contributed by atoms with Crippen LogP contribution < -0.4 is 0 Å². The van der Waals surface area contributed by atoms with E-state index in [1.165, 1.54) is 18.5 Å². The molecular weight excluding hydrogens is 255 g/mol. The van der Waals surface area contributed by atoms with Crippen molar-refractivity contribution < 1.29 is 9.50 Å². The minimum Gasteiger partial charge on any atom is -0.390 e. The number of aromatic nitrogens is 2. The first-order valence-electron chi connectivity index (χ1n) is 5.57. The van der Waals surface area contributed by atoms with Gasteiger partial charge in [0.05, 0.1) is 28.7 Å². The van der Waals surface area contributed by atoms with E-state index in [2.05, 4.69) is 5.10 Å². The van der Waals surface area contributed by atoms with Crippen LogP contribution in [0.4, 0.5) is 4.39 Å². The number of para-hydroxylation sites is 1. The number of aliphatic hydroxyl groups is 1. The van der Waals surface area contributed by atoms with Gasteiger partial charge in [0, 0.05) is 0 Å². The van der Waals surface area contributed by atoms with Gasteiger partial charge in [-0.05, 0) is 32.0 Å². The Hall–Kier alpha value is -1.39. The monoisotopic (exact) mass is 268 g/mol. The van der Waals surface area contributed by atoms with E-state index >= 15 is 0 Å². The first-order valence-corrected chi connectivity index (χ1v) is 5.95. The zero-order chi connectivity index (χ0) is 13.3. The lowest BCUT2D eigenvalue weighted by Crippen LogP contribution is -2.11. The molecule has 18 heavy (non-hydrogen) atoms. The quantitative estimate of drug-likeness (QED) is 0.928. The Labute approximate surface area is 110 Å². The summed E-state index contributed by atoms with van der Waals surface area (Å²) in [4.78, 5) is 0. The number of halogens is 2. The maximum atomic E-state index is 13.9. The molecule has 3 nitrogen and oxygen atoms in total. The second-order valence-corrected chi connectivity index (χ2v) is 4.92. The Morgan fingerprint density at radius 1 is 1.39 bits per heavy atom. The third-order valence-electron chi connectivity index (χ3n) is 2.63. The van der Waals surface area contributed by atoms with Crippen LogP contribution in [-0.4, -0.2) is 14.9 Å². The molecular formula is C13H14ClFN2O. The van der Waals surface area contributed by atoms with Crippen molar-refractivity contribution in [3.63, 3.8) is 0 Å². The minimum atomic E-state index is -1.56. The van der Waals surface area contributed by atoms with Crippen molar-refractivity contribution in [3.05, 3.63) is 46.7 Å². The number of aliphatic hydroxyl groups excluding tert-OH is 1. The summed E-state index contributed by atoms with van der Waals surface area (Å²) in [5, 5.41) is 14.0. The van der Waals surface area contributed by atoms with Gasteiger partial charge in [0.25, 0.3) is 0 Å². The molecule has 0 aliphatic carbocycles. The summed E-state index contributed by atoms with van der Waals surface area (Å²) < 4.78 is 15.3. The maximum absolute atomic E-state index is 13.9. The Morgan fingerprint density at radius 3 is 2.61 bits per heavy atom. The predicted molar refractivity (Wildman–Crippen MR) is 68.6 cm³/mol. The molecule has 0 atom stereocenters. The summed E-state index contributed by atoms with van der Waals surface area (Å²) in [6.07, 6.45) is 0. The summed E-state index contributed by atoms with van der Waals surface area (Å²) in [5.41, 5.74) is -0.162. The fourth-order valence-corrected chi connectivity index (χ4v) is 1.87. The Bertz CT molecular complexity index is 560. The number of hydrogen-bond donors (Lipinski definition) is 1. The maximum Gasteiger partial charge on any atom is 0.149 e. The van der Waals surface area contributed by atoms with Gasteiger partial charge in [-0.3, -0.25) is 0 Å². The number of rotatable bonds is 3. The number of alkyl halides is 1. The van der Waals surface area contributed by atoms with Crippen molar-refractivity contribution >= 4 is 11.6 Å². The van der Waals surface area contributed by atoms with Crippen LogP contribution >= 0.6 is 11.6 Å². The van der Waals surface area contributed by atoms with Crippen molar-refractivity contribution in [2.45, 2.75) is 26.1 Å². The largest absolute Gasteiger partial charge is 0.390 e. The van der Waals surface area contributed by atoms with Gasteiger partial charge >= 0.3 is 0 Å². The van der Waals surface area contributed by atoms with Crippen LogP contribution in [0.3, 0.4) is 0 Å². The van der Waals surface area contributed by atoms with Gasteiger partial charge in [0.1, 0.15) is 5.67 Å². The van der Waals surface area contributed by atoms with Crippen molar-refractivity contribution in [3.8, 4) is 5.69 Å². The summed E-state index contributed by atoms with van der Waals surface area (Å²) in [6, 6.07) is 8.64. The molecule has 0 fully saturated rings. The summed E-state index contributed by atoms with van der Waals surface area (Å²) in [5.74, 6) is 0. The van der Waals surface area contributed by atoms with Crippen LogP contribution in [-0.2, 0) is 12.3 Å². The standard InChI is InChI=1S/C13H14ClFN2O/c1-13(2,15)12-7-9(8-18)17(16-12)11-6-4-3-5-10(11)14/h3-7,18H,8H2,1-2H3. The van der Waals surface area contributed by atoms with Gasteiger partial charge in [-0.2, -0.15) is 5.10 Å². The smallest absolute Gasteiger partial charge is 0.149 e. The van der Waals surface area contributed by atoms with Gasteiger partial charge in [0.2, 0.25) is 0 Å². The fraction of sp³-hybridized carbons (Fsp3) is 0.308. The Morgan fingerprint density at radius 2 is 2.06 bits per heavy atom. The second kappa shape index (κ2) is 4.71. The first kappa shape index (κ1) is 13.1. The average molecular weight is 269 g/mol. The molecule has 2 rings (SSSR count). The summed E-state index contributed by atoms with van der Waals surface area (Å²) in [6.45, 7) is 2.62. The highest BCUT2D eigenvalue weighted by Crippen LogP contribution is 2.27. The molecule has 1 aromatic heterocycles. The van der Waals surface area contributed by atoms with Crippen LogP contribution in [0.25, 0.3) is 5.69 Å². The molecule has 1 heterocycles. The first-order chi connectivity index (χ1) is 8.43. The van der Waals surface area contributed by atoms with Crippen molar-refractivity contribution in [1.29, 1.82) is 0 Å². The van der Waals surface area contributed by atoms with Crippen LogP contribution in [0.15, 0.2) is 30.3 Å². The summed E-state index contributed by atoms with van der Waals surface area (Å²) in [7, 11) is 0. The lowest BCUT2D eigenvalue weighted by molar-refractivity contribution is 0.213. The van der Waals surface area contributed by atoms with Gasteiger partial charge in [-0.25, -0.2) is 9.07 Å². The van der Waals surface area contributed by atoms with Crippen LogP contribution in [0, 0.1) is 0 Å². The summed E-state index contributed by atoms with van der Waals surface area (Å²) >= 11 is 6.08. The van der Waals surface area contributed by atoms with E-state index in [9.17, 15) is 9.50 Å². The molecule has 0 radical (unpaired) electrons. The molecule has 0 spiro atoms. The lowest BCUT2D eigenvalue weighted by Gasteiger charge is -2.10. The third-order valence-corrected chi connectivity index (χ3v) is 2.95. The van der Waals surface area contributed by atoms with E-state index in [0.717, 1.165) is 0 Å². The van der Waals surface area contributed by atoms with Crippen molar-refractivity contribution in [1.82, 2.24) is 9.78 Å². The van der Waals surface area contributed by atoms with E-state index in [-0.39, 0.29) is 12.3 Å². The number of hydrogen-bond acceptors (Lipinski definition) is 2. The van der Waals surface area contributed by atoms with Gasteiger partial charge in [-0.15, -0.1) is 0 Å². The normalized spacial score (nSPS) is 11.8. The van der Waals surface area contributed by atoms with Gasteiger partial charge in [-0.1, -0.05) is 23.7 Å². The molecule has 0 amide bonds. The molecule has 0 saturated heterocycles. The van der Waals surface area contributed by atoms with E-state index in [1.54, 1.807) is 24.3 Å². The zero-order valence-corrected chi connectivity index (χ0v) is 10.9. The van der Waals surface area contributed by atoms with E-state index in [1.807, 2.05) is 6.07 Å². The van der Waals surface area contributed by atoms with Crippen molar-refractivity contribution in [2.75, 3.05) is 0 Å². The minimum absolute atomic E-state index is 0.228. The SMILES string of the molecule is CC(C)(F)c1cc(CO)n(-c2ccccc2Cl)n1. The molecule has 0 aliphatic heterocycles. The molecule has 1 aromatic carbocycles. The molecule has 2 aromatic rings. The second-order valence-electron chi connectivity index (χ2n) is 4.51. The van der Waals surface area contributed by atoms with Crippen LogP contribution in [0.2, 0.25) is 5.02 Å². The highest BCUT2D eigenvalue weighted by molar-refractivity contribution is 6.32. The zero-order valence-electron chi connectivity index (χ0n) is 10.2. The Kier molecular flexibility index (Phi) is 3.41. The molecule has 5 heteroatoms. The lowest BCUT2D eigenvalue weighted by atomic mass is 10.1. The van der Waals surface area contributed by atoms with Crippen molar-refractivity contribution in [2.24, 2.45) is 0 Å². The molecule has 96 valence electrons.